The van der Waals surface area contributed by atoms with Crippen molar-refractivity contribution in [2.45, 2.75) is 130 Å². The molecule has 1 heteroatoms. The van der Waals surface area contributed by atoms with Gasteiger partial charge in [0.15, 0.2) is 12.4 Å². The van der Waals surface area contributed by atoms with Crippen LogP contribution >= 0.6 is 0 Å². The third-order valence-electron chi connectivity index (χ3n) is 5.60. The molecule has 0 radical (unpaired) electrons. The van der Waals surface area contributed by atoms with Crippen LogP contribution in [0.2, 0.25) is 0 Å². The van der Waals surface area contributed by atoms with E-state index in [-0.39, 0.29) is 0 Å². The van der Waals surface area contributed by atoms with Crippen LogP contribution in [0.3, 0.4) is 0 Å². The van der Waals surface area contributed by atoms with Gasteiger partial charge in [-0.05, 0) is 23.8 Å². The summed E-state index contributed by atoms with van der Waals surface area (Å²) in [7, 11) is 0. The van der Waals surface area contributed by atoms with E-state index in [1.807, 2.05) is 0 Å². The Morgan fingerprint density at radius 1 is 0.654 bits per heavy atom. The molecule has 1 heterocycles. The molecule has 1 aromatic rings. The molecule has 0 unspecified atom stereocenters. The molecule has 0 fully saturated rings. The largest absolute Gasteiger partial charge is 0.205 e. The molecule has 0 aliphatic heterocycles. The van der Waals surface area contributed by atoms with E-state index in [1.54, 1.807) is 0 Å². The van der Waals surface area contributed by atoms with Gasteiger partial charge in [-0.3, -0.25) is 0 Å². The van der Waals surface area contributed by atoms with E-state index in [2.05, 4.69) is 57.6 Å². The first-order valence-electron chi connectivity index (χ1n) is 11.6. The van der Waals surface area contributed by atoms with Crippen molar-refractivity contribution in [3.63, 3.8) is 0 Å². The molecule has 150 valence electrons. The van der Waals surface area contributed by atoms with Gasteiger partial charge >= 0.3 is 0 Å². The van der Waals surface area contributed by atoms with Gasteiger partial charge < -0.3 is 0 Å². The van der Waals surface area contributed by atoms with Gasteiger partial charge in [0, 0.05) is 18.1 Å². The van der Waals surface area contributed by atoms with E-state index >= 15 is 0 Å². The molecule has 0 amide bonds. The van der Waals surface area contributed by atoms with E-state index in [4.69, 9.17) is 0 Å². The number of rotatable bonds is 15. The lowest BCUT2D eigenvalue weighted by Gasteiger charge is -2.14. The van der Waals surface area contributed by atoms with E-state index in [9.17, 15) is 0 Å². The SMILES string of the molecule is CCCCCCCCCCCCCC[n+]1ccc(C(C)C)c(C(C)C)c1. The molecule has 1 aromatic heterocycles. The monoisotopic (exact) mass is 360 g/mol. The summed E-state index contributed by atoms with van der Waals surface area (Å²) < 4.78 is 2.41. The second kappa shape index (κ2) is 14.2. The smallest absolute Gasteiger partial charge is 0.172 e. The summed E-state index contributed by atoms with van der Waals surface area (Å²) >= 11 is 0. The zero-order valence-electron chi connectivity index (χ0n) is 18.5. The fourth-order valence-electron chi connectivity index (χ4n) is 3.85. The second-order valence-electron chi connectivity index (χ2n) is 8.79. The molecular weight excluding hydrogens is 314 g/mol. The number of hydrogen-bond acceptors (Lipinski definition) is 0. The number of pyridine rings is 1. The highest BCUT2D eigenvalue weighted by molar-refractivity contribution is 5.27. The van der Waals surface area contributed by atoms with Crippen LogP contribution in [0.1, 0.15) is 135 Å². The summed E-state index contributed by atoms with van der Waals surface area (Å²) in [6.45, 7) is 12.7. The van der Waals surface area contributed by atoms with Crippen LogP contribution in [0.4, 0.5) is 0 Å². The summed E-state index contributed by atoms with van der Waals surface area (Å²) in [6, 6.07) is 2.35. The van der Waals surface area contributed by atoms with E-state index in [1.165, 1.54) is 94.7 Å². The number of unbranched alkanes of at least 4 members (excludes halogenated alkanes) is 11. The molecule has 1 nitrogen and oxygen atoms in total. The quantitative estimate of drug-likeness (QED) is 0.221. The lowest BCUT2D eigenvalue weighted by molar-refractivity contribution is -0.697. The maximum Gasteiger partial charge on any atom is 0.172 e. The first-order valence-corrected chi connectivity index (χ1v) is 11.6. The van der Waals surface area contributed by atoms with Crippen molar-refractivity contribution in [2.24, 2.45) is 0 Å². The van der Waals surface area contributed by atoms with Gasteiger partial charge in [-0.1, -0.05) is 98.8 Å². The maximum atomic E-state index is 2.41. The molecule has 0 aliphatic carbocycles. The molecule has 0 aliphatic rings. The Morgan fingerprint density at radius 2 is 1.12 bits per heavy atom. The van der Waals surface area contributed by atoms with Gasteiger partial charge in [-0.25, -0.2) is 4.57 Å². The Labute approximate surface area is 164 Å². The Hall–Kier alpha value is -0.850. The van der Waals surface area contributed by atoms with E-state index in [0.717, 1.165) is 0 Å². The summed E-state index contributed by atoms with van der Waals surface area (Å²) in [6.07, 6.45) is 21.8. The lowest BCUT2D eigenvalue weighted by atomic mass is 9.92. The second-order valence-corrected chi connectivity index (χ2v) is 8.79. The molecule has 0 aromatic carbocycles. The highest BCUT2D eigenvalue weighted by atomic mass is 14.9. The lowest BCUT2D eigenvalue weighted by Crippen LogP contribution is -2.34. The maximum absolute atomic E-state index is 2.41. The van der Waals surface area contributed by atoms with Crippen molar-refractivity contribution >= 4 is 0 Å². The third kappa shape index (κ3) is 9.74. The average Bonchev–Trinajstić information content (AvgIpc) is 2.62. The van der Waals surface area contributed by atoms with Crippen LogP contribution in [0.15, 0.2) is 18.5 Å². The molecule has 0 spiro atoms. The molecule has 0 saturated heterocycles. The van der Waals surface area contributed by atoms with E-state index in [0.29, 0.717) is 11.8 Å². The minimum absolute atomic E-state index is 0.613. The topological polar surface area (TPSA) is 3.88 Å². The predicted molar refractivity (Wildman–Crippen MR) is 116 cm³/mol. The van der Waals surface area contributed by atoms with Gasteiger partial charge in [-0.2, -0.15) is 0 Å². The van der Waals surface area contributed by atoms with Crippen molar-refractivity contribution < 1.29 is 4.57 Å². The van der Waals surface area contributed by atoms with Crippen molar-refractivity contribution in [1.82, 2.24) is 0 Å². The van der Waals surface area contributed by atoms with Gasteiger partial charge in [-0.15, -0.1) is 0 Å². The molecule has 0 atom stereocenters. The van der Waals surface area contributed by atoms with Crippen molar-refractivity contribution in [3.05, 3.63) is 29.6 Å². The Balaban J connectivity index is 2.12. The Bertz CT molecular complexity index is 461. The number of aromatic nitrogens is 1. The minimum atomic E-state index is 0.613. The van der Waals surface area contributed by atoms with Crippen molar-refractivity contribution in [3.8, 4) is 0 Å². The van der Waals surface area contributed by atoms with Crippen LogP contribution in [0, 0.1) is 0 Å². The van der Waals surface area contributed by atoms with Crippen molar-refractivity contribution in [2.75, 3.05) is 0 Å². The van der Waals surface area contributed by atoms with Gasteiger partial charge in [0.05, 0.1) is 0 Å². The summed E-state index contributed by atoms with van der Waals surface area (Å²) in [5, 5.41) is 0. The zero-order valence-corrected chi connectivity index (χ0v) is 18.5. The standard InChI is InChI=1S/C25H46N/c1-6-7-8-9-10-11-12-13-14-15-16-17-19-26-20-18-24(22(2)3)25(21-26)23(4)5/h18,20-23H,6-17,19H2,1-5H3/q+1. The van der Waals surface area contributed by atoms with Crippen molar-refractivity contribution in [1.29, 1.82) is 0 Å². The molecule has 0 N–H and O–H groups in total. The highest BCUT2D eigenvalue weighted by Crippen LogP contribution is 2.24. The summed E-state index contributed by atoms with van der Waals surface area (Å²) in [4.78, 5) is 0. The minimum Gasteiger partial charge on any atom is -0.205 e. The first-order chi connectivity index (χ1) is 12.6. The average molecular weight is 361 g/mol. The van der Waals surface area contributed by atoms with Crippen LogP contribution < -0.4 is 4.57 Å². The summed E-state index contributed by atoms with van der Waals surface area (Å²) in [5.41, 5.74) is 3.05. The Kier molecular flexibility index (Phi) is 12.7. The normalized spacial score (nSPS) is 11.7. The van der Waals surface area contributed by atoms with Crippen LogP contribution in [-0.2, 0) is 6.54 Å². The number of hydrogen-bond donors (Lipinski definition) is 0. The van der Waals surface area contributed by atoms with Crippen LogP contribution in [0.25, 0.3) is 0 Å². The van der Waals surface area contributed by atoms with Gasteiger partial charge in [0.2, 0.25) is 0 Å². The summed E-state index contributed by atoms with van der Waals surface area (Å²) in [5.74, 6) is 1.23. The predicted octanol–water partition coefficient (Wildman–Crippen LogP) is 7.92. The molecular formula is C25H46N+. The first kappa shape index (κ1) is 23.2. The molecule has 0 saturated carbocycles. The number of nitrogens with zero attached hydrogens (tertiary/aromatic N) is 1. The van der Waals surface area contributed by atoms with Crippen LogP contribution in [-0.4, -0.2) is 0 Å². The van der Waals surface area contributed by atoms with Gasteiger partial charge in [0.1, 0.15) is 6.54 Å². The fourth-order valence-corrected chi connectivity index (χ4v) is 3.85. The Morgan fingerprint density at radius 3 is 1.58 bits per heavy atom. The number of aryl methyl sites for hydroxylation is 1. The zero-order chi connectivity index (χ0) is 19.2. The fraction of sp³-hybridized carbons (Fsp3) is 0.800. The van der Waals surface area contributed by atoms with Gasteiger partial charge in [0.25, 0.3) is 0 Å². The third-order valence-corrected chi connectivity index (χ3v) is 5.60. The van der Waals surface area contributed by atoms with E-state index < -0.39 is 0 Å². The molecule has 26 heavy (non-hydrogen) atoms. The van der Waals surface area contributed by atoms with Crippen LogP contribution in [0.5, 0.6) is 0 Å². The highest BCUT2D eigenvalue weighted by Gasteiger charge is 2.14. The molecule has 1 rings (SSSR count). The molecule has 0 bridgehead atoms.